The third-order valence-corrected chi connectivity index (χ3v) is 4.72. The number of rotatable bonds is 0. The molecule has 0 saturated carbocycles. The normalized spacial score (nSPS) is 21.9. The molecule has 0 spiro atoms. The highest BCUT2D eigenvalue weighted by molar-refractivity contribution is 6.30. The van der Waals surface area contributed by atoms with Gasteiger partial charge in [-0.3, -0.25) is 9.59 Å². The molecule has 2 heterocycles. The van der Waals surface area contributed by atoms with E-state index in [0.717, 1.165) is 12.1 Å². The largest absolute Gasteiger partial charge is 0.508 e. The van der Waals surface area contributed by atoms with Crippen molar-refractivity contribution in [3.05, 3.63) is 58.4 Å². The van der Waals surface area contributed by atoms with Crippen molar-refractivity contribution < 1.29 is 34.4 Å². The lowest BCUT2D eigenvalue weighted by Crippen LogP contribution is -2.21. The van der Waals surface area contributed by atoms with Gasteiger partial charge in [-0.2, -0.15) is 0 Å². The number of carbonyl (C=O) groups is 2. The Morgan fingerprint density at radius 3 is 2.48 bits per heavy atom. The van der Waals surface area contributed by atoms with Gasteiger partial charge in [0.15, 0.2) is 5.78 Å². The third kappa shape index (κ3) is 1.59. The summed E-state index contributed by atoms with van der Waals surface area (Å²) in [6.07, 6.45) is 2.50. The first-order valence-corrected chi connectivity index (χ1v) is 7.51. The standard InChI is InChI=1S/C18H10O7/c19-6-3-8-12(10(20)4-6)16(22)14-9(15(8)21)5-11-13(17(14)23)7-1-2-24-18(7)25-11/h1-5,7,18-20,23H. The lowest BCUT2D eigenvalue weighted by Gasteiger charge is -2.21. The van der Waals surface area contributed by atoms with Crippen molar-refractivity contribution in [1.29, 1.82) is 0 Å². The van der Waals surface area contributed by atoms with Crippen molar-refractivity contribution in [3.8, 4) is 23.0 Å². The predicted molar refractivity (Wildman–Crippen MR) is 82.1 cm³/mol. The number of hydrogen-bond donors (Lipinski definition) is 3. The van der Waals surface area contributed by atoms with Gasteiger partial charge < -0.3 is 24.8 Å². The van der Waals surface area contributed by atoms with Crippen molar-refractivity contribution in [2.75, 3.05) is 0 Å². The lowest BCUT2D eigenvalue weighted by molar-refractivity contribution is -0.00487. The molecule has 124 valence electrons. The molecule has 0 radical (unpaired) electrons. The molecule has 2 aromatic rings. The molecule has 3 aliphatic rings. The van der Waals surface area contributed by atoms with Gasteiger partial charge in [0.25, 0.3) is 6.29 Å². The van der Waals surface area contributed by atoms with Crippen LogP contribution in [0.2, 0.25) is 0 Å². The minimum absolute atomic E-state index is 0.0392. The molecule has 5 rings (SSSR count). The smallest absolute Gasteiger partial charge is 0.250 e. The summed E-state index contributed by atoms with van der Waals surface area (Å²) < 4.78 is 10.9. The summed E-state index contributed by atoms with van der Waals surface area (Å²) in [5.74, 6) is -2.60. The van der Waals surface area contributed by atoms with Crippen LogP contribution in [0.15, 0.2) is 30.5 Å². The first kappa shape index (κ1) is 13.9. The van der Waals surface area contributed by atoms with Crippen LogP contribution in [0.3, 0.4) is 0 Å². The summed E-state index contributed by atoms with van der Waals surface area (Å²) in [6.45, 7) is 0. The predicted octanol–water partition coefficient (Wildman–Crippen LogP) is 1.92. The van der Waals surface area contributed by atoms with Gasteiger partial charge in [-0.05, 0) is 18.2 Å². The molecule has 0 amide bonds. The van der Waals surface area contributed by atoms with Gasteiger partial charge in [0.1, 0.15) is 23.0 Å². The fourth-order valence-corrected chi connectivity index (χ4v) is 3.63. The Labute approximate surface area is 140 Å². The lowest BCUT2D eigenvalue weighted by atomic mass is 9.80. The van der Waals surface area contributed by atoms with Crippen molar-refractivity contribution in [1.82, 2.24) is 0 Å². The van der Waals surface area contributed by atoms with Crippen LogP contribution < -0.4 is 4.74 Å². The number of ether oxygens (including phenoxy) is 2. The topological polar surface area (TPSA) is 113 Å². The van der Waals surface area contributed by atoms with Crippen LogP contribution >= 0.6 is 0 Å². The number of phenols is 3. The minimum Gasteiger partial charge on any atom is -0.508 e. The van der Waals surface area contributed by atoms with Gasteiger partial charge >= 0.3 is 0 Å². The van der Waals surface area contributed by atoms with Crippen molar-refractivity contribution >= 4 is 11.6 Å². The molecular weight excluding hydrogens is 328 g/mol. The number of benzene rings is 2. The molecule has 25 heavy (non-hydrogen) atoms. The van der Waals surface area contributed by atoms with Crippen LogP contribution in [0.25, 0.3) is 0 Å². The van der Waals surface area contributed by atoms with E-state index in [1.165, 1.54) is 12.3 Å². The molecule has 2 atom stereocenters. The first-order chi connectivity index (χ1) is 12.0. The minimum atomic E-state index is -0.686. The molecular formula is C18H10O7. The number of ketones is 2. The van der Waals surface area contributed by atoms with E-state index in [0.29, 0.717) is 5.56 Å². The quantitative estimate of drug-likeness (QED) is 0.574. The van der Waals surface area contributed by atoms with Gasteiger partial charge in [-0.15, -0.1) is 0 Å². The number of phenolic OH excluding ortho intramolecular Hbond substituents is 3. The van der Waals surface area contributed by atoms with Crippen molar-refractivity contribution in [2.24, 2.45) is 0 Å². The average molecular weight is 338 g/mol. The zero-order valence-electron chi connectivity index (χ0n) is 12.5. The van der Waals surface area contributed by atoms with E-state index in [1.54, 1.807) is 6.08 Å². The fraction of sp³-hybridized carbons (Fsp3) is 0.111. The summed E-state index contributed by atoms with van der Waals surface area (Å²) in [4.78, 5) is 25.6. The molecule has 2 aliphatic heterocycles. The van der Waals surface area contributed by atoms with Crippen LogP contribution in [0.1, 0.15) is 43.3 Å². The molecule has 0 saturated heterocycles. The second kappa shape index (κ2) is 4.32. The monoisotopic (exact) mass is 338 g/mol. The van der Waals surface area contributed by atoms with E-state index < -0.39 is 23.6 Å². The van der Waals surface area contributed by atoms with E-state index in [9.17, 15) is 24.9 Å². The molecule has 7 nitrogen and oxygen atoms in total. The van der Waals surface area contributed by atoms with E-state index >= 15 is 0 Å². The highest BCUT2D eigenvalue weighted by atomic mass is 16.7. The molecule has 1 aliphatic carbocycles. The Morgan fingerprint density at radius 1 is 0.920 bits per heavy atom. The fourth-order valence-electron chi connectivity index (χ4n) is 3.63. The molecule has 0 fully saturated rings. The van der Waals surface area contributed by atoms with Gasteiger partial charge in [0.05, 0.1) is 28.9 Å². The maximum Gasteiger partial charge on any atom is 0.250 e. The van der Waals surface area contributed by atoms with Gasteiger partial charge in [-0.1, -0.05) is 0 Å². The summed E-state index contributed by atoms with van der Waals surface area (Å²) in [5.41, 5.74) is -0.201. The van der Waals surface area contributed by atoms with Crippen LogP contribution in [-0.2, 0) is 4.74 Å². The van der Waals surface area contributed by atoms with Gasteiger partial charge in [0.2, 0.25) is 5.78 Å². The van der Waals surface area contributed by atoms with Crippen LogP contribution in [0.4, 0.5) is 0 Å². The molecule has 0 aromatic heterocycles. The Morgan fingerprint density at radius 2 is 1.68 bits per heavy atom. The third-order valence-electron chi connectivity index (χ3n) is 4.72. The summed E-state index contributed by atoms with van der Waals surface area (Å²) >= 11 is 0. The molecule has 2 aromatic carbocycles. The van der Waals surface area contributed by atoms with Crippen molar-refractivity contribution in [2.45, 2.75) is 12.2 Å². The second-order valence-corrected chi connectivity index (χ2v) is 6.08. The number of carbonyl (C=O) groups excluding carboxylic acids is 2. The Balaban J connectivity index is 1.80. The van der Waals surface area contributed by atoms with E-state index in [2.05, 4.69) is 0 Å². The zero-order valence-corrected chi connectivity index (χ0v) is 12.5. The van der Waals surface area contributed by atoms with E-state index in [-0.39, 0.29) is 45.4 Å². The second-order valence-electron chi connectivity index (χ2n) is 6.08. The summed E-state index contributed by atoms with van der Waals surface area (Å²) in [7, 11) is 0. The maximum atomic E-state index is 12.9. The summed E-state index contributed by atoms with van der Waals surface area (Å²) in [5, 5.41) is 30.3. The molecule has 2 unspecified atom stereocenters. The molecule has 0 bridgehead atoms. The first-order valence-electron chi connectivity index (χ1n) is 7.51. The SMILES string of the molecule is O=C1c2cc(O)cc(O)c2C(=O)c2c1cc1c(c2O)C2C=COC2O1. The van der Waals surface area contributed by atoms with Gasteiger partial charge in [-0.25, -0.2) is 0 Å². The highest BCUT2D eigenvalue weighted by Gasteiger charge is 2.44. The van der Waals surface area contributed by atoms with Crippen LogP contribution in [-0.4, -0.2) is 33.2 Å². The van der Waals surface area contributed by atoms with Gasteiger partial charge in [0, 0.05) is 17.2 Å². The average Bonchev–Trinajstić information content (AvgIpc) is 3.11. The Hall–Kier alpha value is -3.48. The highest BCUT2D eigenvalue weighted by Crippen LogP contribution is 2.51. The number of aromatic hydroxyl groups is 3. The molecule has 7 heteroatoms. The van der Waals surface area contributed by atoms with Crippen molar-refractivity contribution in [3.63, 3.8) is 0 Å². The number of fused-ring (bicyclic) bond motifs is 5. The number of hydrogen-bond acceptors (Lipinski definition) is 7. The van der Waals surface area contributed by atoms with Crippen LogP contribution in [0, 0.1) is 0 Å². The zero-order chi connectivity index (χ0) is 17.5. The molecule has 3 N–H and O–H groups in total. The summed E-state index contributed by atoms with van der Waals surface area (Å²) in [6, 6.07) is 3.49. The van der Waals surface area contributed by atoms with E-state index in [4.69, 9.17) is 9.47 Å². The van der Waals surface area contributed by atoms with E-state index in [1.807, 2.05) is 0 Å². The maximum absolute atomic E-state index is 12.9. The Kier molecular flexibility index (Phi) is 2.41. The Bertz CT molecular complexity index is 1030. The van der Waals surface area contributed by atoms with Crippen LogP contribution in [0.5, 0.6) is 23.0 Å².